The van der Waals surface area contributed by atoms with Gasteiger partial charge in [0.1, 0.15) is 5.78 Å². The summed E-state index contributed by atoms with van der Waals surface area (Å²) in [5.74, 6) is -0.934. The van der Waals surface area contributed by atoms with Crippen molar-refractivity contribution in [1.29, 1.82) is 0 Å². The summed E-state index contributed by atoms with van der Waals surface area (Å²) in [7, 11) is 0. The summed E-state index contributed by atoms with van der Waals surface area (Å²) < 4.78 is 0. The fourth-order valence-corrected chi connectivity index (χ4v) is 2.17. The van der Waals surface area contributed by atoms with Gasteiger partial charge in [-0.1, -0.05) is 19.1 Å². The molecular formula is C12H17O3-. The molecule has 2 atom stereocenters. The normalized spacial score (nSPS) is 26.3. The van der Waals surface area contributed by atoms with Gasteiger partial charge in [0.2, 0.25) is 0 Å². The summed E-state index contributed by atoms with van der Waals surface area (Å²) in [6.07, 6.45) is 6.89. The van der Waals surface area contributed by atoms with Gasteiger partial charge in [0.05, 0.1) is 0 Å². The molecule has 1 saturated carbocycles. The van der Waals surface area contributed by atoms with E-state index in [1.807, 2.05) is 19.1 Å². The van der Waals surface area contributed by atoms with Crippen molar-refractivity contribution in [3.8, 4) is 0 Å². The predicted octanol–water partition coefficient (Wildman–Crippen LogP) is 1.08. The quantitative estimate of drug-likeness (QED) is 0.636. The van der Waals surface area contributed by atoms with Crippen molar-refractivity contribution in [1.82, 2.24) is 0 Å². The molecule has 0 N–H and O–H groups in total. The molecule has 0 aromatic carbocycles. The maximum absolute atomic E-state index is 11.5. The van der Waals surface area contributed by atoms with Crippen molar-refractivity contribution < 1.29 is 14.7 Å². The van der Waals surface area contributed by atoms with E-state index in [0.717, 1.165) is 6.42 Å². The second-order valence-corrected chi connectivity index (χ2v) is 4.06. The van der Waals surface area contributed by atoms with Crippen LogP contribution in [-0.4, -0.2) is 11.8 Å². The van der Waals surface area contributed by atoms with Crippen LogP contribution in [0.2, 0.25) is 0 Å². The van der Waals surface area contributed by atoms with Crippen LogP contribution in [-0.2, 0) is 9.59 Å². The highest BCUT2D eigenvalue weighted by atomic mass is 16.4. The number of ketones is 1. The molecule has 1 rings (SSSR count). The Balaban J connectivity index is 2.52. The first kappa shape index (κ1) is 12.0. The smallest absolute Gasteiger partial charge is 0.136 e. The van der Waals surface area contributed by atoms with E-state index in [0.29, 0.717) is 19.3 Å². The molecule has 0 spiro atoms. The molecule has 0 aromatic rings. The molecule has 0 radical (unpaired) electrons. The minimum absolute atomic E-state index is 0.0102. The summed E-state index contributed by atoms with van der Waals surface area (Å²) in [6.45, 7) is 2.03. The molecule has 0 aliphatic heterocycles. The average Bonchev–Trinajstić information content (AvgIpc) is 2.49. The molecule has 3 heteroatoms. The fraction of sp³-hybridized carbons (Fsp3) is 0.667. The zero-order valence-corrected chi connectivity index (χ0v) is 9.07. The summed E-state index contributed by atoms with van der Waals surface area (Å²) in [6, 6.07) is 0. The molecule has 15 heavy (non-hydrogen) atoms. The molecule has 0 aromatic heterocycles. The minimum atomic E-state index is -1.04. The van der Waals surface area contributed by atoms with Crippen molar-refractivity contribution >= 4 is 11.8 Å². The minimum Gasteiger partial charge on any atom is -0.550 e. The lowest BCUT2D eigenvalue weighted by molar-refractivity contribution is -0.307. The molecule has 84 valence electrons. The third-order valence-electron chi connectivity index (χ3n) is 2.97. The van der Waals surface area contributed by atoms with Crippen LogP contribution < -0.4 is 5.11 Å². The summed E-state index contributed by atoms with van der Waals surface area (Å²) in [5.41, 5.74) is 0. The maximum Gasteiger partial charge on any atom is 0.136 e. The van der Waals surface area contributed by atoms with Gasteiger partial charge in [0.25, 0.3) is 0 Å². The number of carbonyl (C=O) groups excluding carboxylic acids is 2. The van der Waals surface area contributed by atoms with Gasteiger partial charge in [-0.3, -0.25) is 4.79 Å². The van der Waals surface area contributed by atoms with Crippen molar-refractivity contribution in [3.63, 3.8) is 0 Å². The molecule has 2 unspecified atom stereocenters. The Kier molecular flexibility index (Phi) is 4.53. The van der Waals surface area contributed by atoms with Crippen LogP contribution in [0.25, 0.3) is 0 Å². The third kappa shape index (κ3) is 3.50. The number of hydrogen-bond acceptors (Lipinski definition) is 3. The second kappa shape index (κ2) is 5.69. The Morgan fingerprint density at radius 3 is 2.87 bits per heavy atom. The Morgan fingerprint density at radius 2 is 2.27 bits per heavy atom. The molecule has 3 nitrogen and oxygen atoms in total. The molecule has 0 saturated heterocycles. The number of hydrogen-bond donors (Lipinski definition) is 0. The van der Waals surface area contributed by atoms with Gasteiger partial charge < -0.3 is 9.90 Å². The average molecular weight is 209 g/mol. The summed E-state index contributed by atoms with van der Waals surface area (Å²) in [4.78, 5) is 22.0. The van der Waals surface area contributed by atoms with E-state index >= 15 is 0 Å². The third-order valence-corrected chi connectivity index (χ3v) is 2.97. The van der Waals surface area contributed by atoms with Crippen LogP contribution in [0.15, 0.2) is 12.2 Å². The van der Waals surface area contributed by atoms with Crippen molar-refractivity contribution in [2.24, 2.45) is 11.8 Å². The highest BCUT2D eigenvalue weighted by Gasteiger charge is 2.33. The monoisotopic (exact) mass is 209 g/mol. The van der Waals surface area contributed by atoms with Gasteiger partial charge in [0.15, 0.2) is 0 Å². The van der Waals surface area contributed by atoms with Gasteiger partial charge in [-0.25, -0.2) is 0 Å². The van der Waals surface area contributed by atoms with Crippen LogP contribution in [0, 0.1) is 11.8 Å². The SMILES string of the molecule is CC/C=C/CC1C(=O)CCC1CC(=O)[O-]. The lowest BCUT2D eigenvalue weighted by Gasteiger charge is -2.17. The van der Waals surface area contributed by atoms with E-state index in [1.165, 1.54) is 0 Å². The van der Waals surface area contributed by atoms with Gasteiger partial charge in [-0.05, 0) is 31.6 Å². The van der Waals surface area contributed by atoms with E-state index in [-0.39, 0.29) is 24.0 Å². The zero-order chi connectivity index (χ0) is 11.3. The van der Waals surface area contributed by atoms with E-state index in [4.69, 9.17) is 0 Å². The number of allylic oxidation sites excluding steroid dienone is 2. The Hall–Kier alpha value is -1.12. The summed E-state index contributed by atoms with van der Waals surface area (Å²) in [5, 5.41) is 10.5. The number of rotatable bonds is 5. The molecule has 1 fully saturated rings. The lowest BCUT2D eigenvalue weighted by Crippen LogP contribution is -2.27. The fourth-order valence-electron chi connectivity index (χ4n) is 2.17. The van der Waals surface area contributed by atoms with Crippen molar-refractivity contribution in [3.05, 3.63) is 12.2 Å². The summed E-state index contributed by atoms with van der Waals surface area (Å²) >= 11 is 0. The van der Waals surface area contributed by atoms with Crippen LogP contribution in [0.4, 0.5) is 0 Å². The predicted molar refractivity (Wildman–Crippen MR) is 54.9 cm³/mol. The first-order chi connectivity index (χ1) is 7.15. The topological polar surface area (TPSA) is 57.2 Å². The van der Waals surface area contributed by atoms with Gasteiger partial charge in [-0.15, -0.1) is 0 Å². The van der Waals surface area contributed by atoms with Crippen molar-refractivity contribution in [2.75, 3.05) is 0 Å². The number of carbonyl (C=O) groups is 2. The molecular weight excluding hydrogens is 192 g/mol. The first-order valence-corrected chi connectivity index (χ1v) is 5.52. The van der Waals surface area contributed by atoms with E-state index in [9.17, 15) is 14.7 Å². The van der Waals surface area contributed by atoms with E-state index in [1.54, 1.807) is 0 Å². The molecule has 0 amide bonds. The largest absolute Gasteiger partial charge is 0.550 e. The molecule has 0 bridgehead atoms. The second-order valence-electron chi connectivity index (χ2n) is 4.06. The maximum atomic E-state index is 11.5. The van der Waals surface area contributed by atoms with E-state index < -0.39 is 5.97 Å². The van der Waals surface area contributed by atoms with Gasteiger partial charge in [0, 0.05) is 18.3 Å². The van der Waals surface area contributed by atoms with Crippen LogP contribution in [0.5, 0.6) is 0 Å². The van der Waals surface area contributed by atoms with Crippen LogP contribution >= 0.6 is 0 Å². The Bertz CT molecular complexity index is 268. The Labute approximate surface area is 90.2 Å². The number of carboxylic acids is 1. The highest BCUT2D eigenvalue weighted by Crippen LogP contribution is 2.33. The zero-order valence-electron chi connectivity index (χ0n) is 9.07. The number of carboxylic acid groups (broad SMARTS) is 1. The van der Waals surface area contributed by atoms with Crippen LogP contribution in [0.3, 0.4) is 0 Å². The van der Waals surface area contributed by atoms with E-state index in [2.05, 4.69) is 0 Å². The highest BCUT2D eigenvalue weighted by molar-refractivity contribution is 5.84. The van der Waals surface area contributed by atoms with Gasteiger partial charge >= 0.3 is 0 Å². The molecule has 0 heterocycles. The lowest BCUT2D eigenvalue weighted by atomic mass is 9.89. The van der Waals surface area contributed by atoms with Crippen molar-refractivity contribution in [2.45, 2.75) is 39.0 Å². The first-order valence-electron chi connectivity index (χ1n) is 5.52. The van der Waals surface area contributed by atoms with Crippen LogP contribution in [0.1, 0.15) is 39.0 Å². The standard InChI is InChI=1S/C12H18O3/c1-2-3-4-5-10-9(8-12(14)15)6-7-11(10)13/h3-4,9-10H,2,5-8H2,1H3,(H,14,15)/p-1/b4-3+. The molecule has 1 aliphatic carbocycles. The van der Waals surface area contributed by atoms with Gasteiger partial charge in [-0.2, -0.15) is 0 Å². The number of Topliss-reactive ketones (excluding diaryl/α,β-unsaturated/α-hetero) is 1. The molecule has 1 aliphatic rings. The Morgan fingerprint density at radius 1 is 1.53 bits per heavy atom. The number of aliphatic carboxylic acids is 1.